The maximum atomic E-state index is 16.2. The summed E-state index contributed by atoms with van der Waals surface area (Å²) >= 11 is 0. The highest BCUT2D eigenvalue weighted by atomic mass is 28.4. The summed E-state index contributed by atoms with van der Waals surface area (Å²) in [4.78, 5) is 2.59. The molecule has 0 spiro atoms. The second-order valence-electron chi connectivity index (χ2n) is 11.5. The number of aromatic amines is 1. The van der Waals surface area contributed by atoms with Gasteiger partial charge in [-0.2, -0.15) is 0 Å². The number of nitrogens with one attached hydrogen (secondary N) is 1. The minimum atomic E-state index is -3.99. The van der Waals surface area contributed by atoms with E-state index < -0.39 is 60.8 Å². The minimum Gasteiger partial charge on any atom is -0.507 e. The van der Waals surface area contributed by atoms with Crippen molar-refractivity contribution in [3.63, 3.8) is 0 Å². The van der Waals surface area contributed by atoms with Crippen molar-refractivity contribution in [2.75, 3.05) is 6.61 Å². The average molecular weight is 612 g/mol. The number of aromatic nitrogens is 1. The lowest BCUT2D eigenvalue weighted by molar-refractivity contribution is -0.134. The fourth-order valence-electron chi connectivity index (χ4n) is 5.71. The third kappa shape index (κ3) is 5.46. The number of aliphatic hydroxyl groups excluding tert-OH is 1. The molecule has 10 heteroatoms. The van der Waals surface area contributed by atoms with Crippen LogP contribution in [0, 0.1) is 17.5 Å². The number of aliphatic hydroxyl groups is 1. The largest absolute Gasteiger partial charge is 0.507 e. The van der Waals surface area contributed by atoms with Gasteiger partial charge in [0.05, 0.1) is 11.2 Å². The van der Waals surface area contributed by atoms with Crippen LogP contribution < -0.4 is 10.4 Å². The topological polar surface area (TPSA) is 65.5 Å². The summed E-state index contributed by atoms with van der Waals surface area (Å²) in [5.74, 6) is -7.59. The zero-order chi connectivity index (χ0) is 31.2. The smallest absolute Gasteiger partial charge is 0.299 e. The molecule has 0 saturated heterocycles. The molecule has 0 saturated carbocycles. The monoisotopic (exact) mass is 611 g/mol. The Labute approximate surface area is 246 Å². The van der Waals surface area contributed by atoms with E-state index in [-0.39, 0.29) is 22.2 Å². The van der Waals surface area contributed by atoms with Crippen LogP contribution in [-0.2, 0) is 4.43 Å². The van der Waals surface area contributed by atoms with Gasteiger partial charge in [0, 0.05) is 28.6 Å². The van der Waals surface area contributed by atoms with Crippen LogP contribution in [0.5, 0.6) is 5.75 Å². The molecule has 1 heterocycles. The molecule has 3 N–H and O–H groups in total. The van der Waals surface area contributed by atoms with Gasteiger partial charge >= 0.3 is 0 Å². The Bertz CT molecular complexity index is 1710. The molecule has 5 aromatic rings. The van der Waals surface area contributed by atoms with E-state index in [0.29, 0.717) is 6.07 Å². The van der Waals surface area contributed by atoms with Crippen LogP contribution in [0.15, 0.2) is 91.0 Å². The number of alkyl halides is 2. The number of aromatic hydroxyl groups is 1. The summed E-state index contributed by atoms with van der Waals surface area (Å²) in [6.45, 7) is 4.50. The van der Waals surface area contributed by atoms with Crippen molar-refractivity contribution >= 4 is 29.6 Å². The van der Waals surface area contributed by atoms with Crippen LogP contribution >= 0.6 is 0 Å². The van der Waals surface area contributed by atoms with Gasteiger partial charge in [-0.05, 0) is 33.6 Å². The molecule has 1 atom stereocenters. The fraction of sp³-hybridized carbons (Fsp3) is 0.212. The predicted molar refractivity (Wildman–Crippen MR) is 159 cm³/mol. The van der Waals surface area contributed by atoms with Crippen LogP contribution in [0.25, 0.3) is 22.2 Å². The average Bonchev–Trinajstić information content (AvgIpc) is 3.32. The number of phenolic OH excluding ortho intramolecular Hbond substituents is 1. The number of hydrogen-bond acceptors (Lipinski definition) is 3. The lowest BCUT2D eigenvalue weighted by Gasteiger charge is -2.44. The Balaban J connectivity index is 1.64. The highest BCUT2D eigenvalue weighted by Gasteiger charge is 2.53. The normalized spacial score (nSPS) is 13.4. The number of benzene rings is 4. The molecule has 0 aliphatic rings. The van der Waals surface area contributed by atoms with E-state index >= 15 is 8.78 Å². The second-order valence-corrected chi connectivity index (χ2v) is 15.8. The summed E-state index contributed by atoms with van der Waals surface area (Å²) in [7, 11) is -3.45. The molecule has 43 heavy (non-hydrogen) atoms. The van der Waals surface area contributed by atoms with E-state index in [0.717, 1.165) is 34.6 Å². The number of rotatable bonds is 8. The van der Waals surface area contributed by atoms with E-state index in [2.05, 4.69) is 4.98 Å². The first-order valence-electron chi connectivity index (χ1n) is 13.6. The van der Waals surface area contributed by atoms with Crippen molar-refractivity contribution in [1.82, 2.24) is 4.98 Å². The lowest BCUT2D eigenvalue weighted by Crippen LogP contribution is -2.67. The first-order chi connectivity index (χ1) is 20.3. The summed E-state index contributed by atoms with van der Waals surface area (Å²) in [6, 6.07) is 22.4. The summed E-state index contributed by atoms with van der Waals surface area (Å²) in [5, 5.41) is 22.2. The van der Waals surface area contributed by atoms with Gasteiger partial charge in [0.1, 0.15) is 35.9 Å². The highest BCUT2D eigenvalue weighted by molar-refractivity contribution is 6.99. The molecular weight excluding hydrogens is 581 g/mol. The zero-order valence-electron chi connectivity index (χ0n) is 23.6. The third-order valence-corrected chi connectivity index (χ3v) is 12.6. The molecule has 0 radical (unpaired) electrons. The number of H-pyrrole nitrogens is 1. The summed E-state index contributed by atoms with van der Waals surface area (Å²) in [5.41, 5.74) is -1.42. The van der Waals surface area contributed by atoms with Crippen LogP contribution in [0.4, 0.5) is 22.0 Å². The van der Waals surface area contributed by atoms with Crippen molar-refractivity contribution in [2.45, 2.75) is 37.8 Å². The Kier molecular flexibility index (Phi) is 7.97. The quantitative estimate of drug-likeness (QED) is 0.128. The van der Waals surface area contributed by atoms with Gasteiger partial charge in [-0.15, -0.1) is 0 Å². The number of fused-ring (bicyclic) bond motifs is 1. The molecule has 5 rings (SSSR count). The molecule has 0 fully saturated rings. The van der Waals surface area contributed by atoms with Gasteiger partial charge in [0.25, 0.3) is 14.2 Å². The van der Waals surface area contributed by atoms with Gasteiger partial charge in [-0.1, -0.05) is 81.4 Å². The van der Waals surface area contributed by atoms with Gasteiger partial charge < -0.3 is 19.6 Å². The molecule has 224 valence electrons. The molecule has 0 aliphatic heterocycles. The third-order valence-electron chi connectivity index (χ3n) is 7.67. The van der Waals surface area contributed by atoms with Gasteiger partial charge in [0.2, 0.25) is 0 Å². The SMILES string of the molecule is CC(C)(C)[Si](OCC(F)(F)C(O)c1c(-c2ccc(F)cc2O)[nH]c2c(F)cc(F)cc12)(c1ccccc1)c1ccccc1. The Morgan fingerprint density at radius 1 is 0.814 bits per heavy atom. The van der Waals surface area contributed by atoms with Crippen molar-refractivity contribution < 1.29 is 36.6 Å². The van der Waals surface area contributed by atoms with Crippen LogP contribution in [0.2, 0.25) is 5.04 Å². The predicted octanol–water partition coefficient (Wildman–Crippen LogP) is 7.20. The summed E-state index contributed by atoms with van der Waals surface area (Å²) in [6.07, 6.45) is -2.64. The molecule has 0 aliphatic carbocycles. The van der Waals surface area contributed by atoms with Crippen LogP contribution in [-0.4, -0.2) is 36.0 Å². The van der Waals surface area contributed by atoms with Crippen molar-refractivity contribution in [2.24, 2.45) is 0 Å². The zero-order valence-corrected chi connectivity index (χ0v) is 24.6. The molecule has 1 aromatic heterocycles. The fourth-order valence-corrected chi connectivity index (χ4v) is 10.3. The van der Waals surface area contributed by atoms with Gasteiger partial charge in [-0.3, -0.25) is 0 Å². The van der Waals surface area contributed by atoms with E-state index in [4.69, 9.17) is 4.43 Å². The van der Waals surface area contributed by atoms with E-state index in [1.165, 1.54) is 0 Å². The standard InChI is InChI=1S/C33H30F5NO3Si/c1-32(2,3)43(22-10-6-4-7-11-22,23-12-8-5-9-13-23)42-19-33(37,38)31(41)28-25-16-21(35)17-26(36)29(25)39-30(28)24-15-14-20(34)18-27(24)40/h4-18,31,39-41H,19H2,1-3H3. The first-order valence-corrected chi connectivity index (χ1v) is 15.5. The Hall–Kier alpha value is -3.99. The van der Waals surface area contributed by atoms with Crippen LogP contribution in [0.1, 0.15) is 32.4 Å². The maximum Gasteiger partial charge on any atom is 0.299 e. The van der Waals surface area contributed by atoms with Crippen molar-refractivity contribution in [3.8, 4) is 17.0 Å². The van der Waals surface area contributed by atoms with E-state index in [1.807, 2.05) is 57.2 Å². The number of phenols is 1. The Morgan fingerprint density at radius 3 is 1.93 bits per heavy atom. The van der Waals surface area contributed by atoms with Gasteiger partial charge in [0.15, 0.2) is 0 Å². The van der Waals surface area contributed by atoms with E-state index in [1.54, 1.807) is 24.3 Å². The molecule has 4 nitrogen and oxygen atoms in total. The number of hydrogen-bond donors (Lipinski definition) is 3. The van der Waals surface area contributed by atoms with Gasteiger partial charge in [-0.25, -0.2) is 22.0 Å². The van der Waals surface area contributed by atoms with E-state index in [9.17, 15) is 23.4 Å². The maximum absolute atomic E-state index is 16.2. The highest BCUT2D eigenvalue weighted by Crippen LogP contribution is 2.45. The molecule has 4 aromatic carbocycles. The molecule has 0 amide bonds. The molecule has 0 bridgehead atoms. The first kappa shape index (κ1) is 30.5. The summed E-state index contributed by atoms with van der Waals surface area (Å²) < 4.78 is 81.8. The number of halogens is 5. The van der Waals surface area contributed by atoms with Crippen molar-refractivity contribution in [1.29, 1.82) is 0 Å². The minimum absolute atomic E-state index is 0.185. The molecular formula is C33H30F5NO3Si. The van der Waals surface area contributed by atoms with Crippen LogP contribution in [0.3, 0.4) is 0 Å². The lowest BCUT2D eigenvalue weighted by atomic mass is 9.96. The second kappa shape index (κ2) is 11.3. The molecule has 1 unspecified atom stereocenters. The Morgan fingerprint density at radius 2 is 1.40 bits per heavy atom. The van der Waals surface area contributed by atoms with Crippen molar-refractivity contribution in [3.05, 3.63) is 114 Å².